The predicted octanol–water partition coefficient (Wildman–Crippen LogP) is 1.47. The first-order valence-electron chi connectivity index (χ1n) is 5.53. The molecule has 9 heteroatoms. The van der Waals surface area contributed by atoms with E-state index in [0.29, 0.717) is 11.4 Å². The van der Waals surface area contributed by atoms with Crippen LogP contribution in [-0.4, -0.2) is 30.8 Å². The first kappa shape index (κ1) is 13.5. The highest BCUT2D eigenvalue weighted by Gasteiger charge is 2.21. The van der Waals surface area contributed by atoms with E-state index < -0.39 is 22.1 Å². The van der Waals surface area contributed by atoms with Gasteiger partial charge in [0.1, 0.15) is 17.6 Å². The number of carboxylic acid groups (broad SMARTS) is 1. The lowest BCUT2D eigenvalue weighted by molar-refractivity contribution is -0.385. The quantitative estimate of drug-likeness (QED) is 0.640. The smallest absolute Gasteiger partial charge is 0.342 e. The molecule has 20 heavy (non-hydrogen) atoms. The van der Waals surface area contributed by atoms with Crippen molar-refractivity contribution in [1.29, 1.82) is 0 Å². The first-order valence-corrected chi connectivity index (χ1v) is 5.53. The Bertz CT molecular complexity index is 694. The van der Waals surface area contributed by atoms with Crippen molar-refractivity contribution in [3.63, 3.8) is 0 Å². The zero-order valence-electron chi connectivity index (χ0n) is 10.7. The van der Waals surface area contributed by atoms with E-state index in [2.05, 4.69) is 15.4 Å². The Labute approximate surface area is 113 Å². The molecular formula is C11H11N5O4. The van der Waals surface area contributed by atoms with Crippen LogP contribution in [0.5, 0.6) is 0 Å². The molecule has 0 radical (unpaired) electrons. The standard InChI is InChI=1S/C11H11N5O4/c1-6-8(5-15(2)14-6)13-10-3-7(11(17)18)9(4-12-10)16(19)20/h3-5H,1-2H3,(H,12,13)(H,17,18). The minimum absolute atomic E-state index is 0.198. The number of pyridine rings is 1. The highest BCUT2D eigenvalue weighted by atomic mass is 16.6. The maximum absolute atomic E-state index is 11.0. The number of carbonyl (C=O) groups is 1. The molecule has 2 heterocycles. The fourth-order valence-electron chi connectivity index (χ4n) is 1.69. The van der Waals surface area contributed by atoms with E-state index in [1.54, 1.807) is 24.9 Å². The van der Waals surface area contributed by atoms with Crippen LogP contribution in [0.4, 0.5) is 17.2 Å². The van der Waals surface area contributed by atoms with Crippen molar-refractivity contribution in [2.24, 2.45) is 7.05 Å². The molecule has 0 amide bonds. The van der Waals surface area contributed by atoms with Crippen molar-refractivity contribution in [2.75, 3.05) is 5.32 Å². The first-order chi connectivity index (χ1) is 9.38. The van der Waals surface area contributed by atoms with Gasteiger partial charge in [-0.3, -0.25) is 14.8 Å². The molecule has 9 nitrogen and oxygen atoms in total. The summed E-state index contributed by atoms with van der Waals surface area (Å²) in [5, 5.41) is 26.7. The average molecular weight is 277 g/mol. The van der Waals surface area contributed by atoms with Crippen LogP contribution in [0.3, 0.4) is 0 Å². The SMILES string of the molecule is Cc1nn(C)cc1Nc1cc(C(=O)O)c([N+](=O)[O-])cn1. The third kappa shape index (κ3) is 2.55. The fraction of sp³-hybridized carbons (Fsp3) is 0.182. The van der Waals surface area contributed by atoms with E-state index in [0.717, 1.165) is 12.3 Å². The van der Waals surface area contributed by atoms with E-state index >= 15 is 0 Å². The van der Waals surface area contributed by atoms with Crippen LogP contribution in [0.25, 0.3) is 0 Å². The number of aromatic carboxylic acids is 1. The molecule has 0 bridgehead atoms. The molecule has 0 atom stereocenters. The van der Waals surface area contributed by atoms with Gasteiger partial charge in [0.2, 0.25) is 0 Å². The summed E-state index contributed by atoms with van der Waals surface area (Å²) in [4.78, 5) is 24.8. The van der Waals surface area contributed by atoms with Crippen molar-refractivity contribution in [1.82, 2.24) is 14.8 Å². The molecule has 0 aliphatic carbocycles. The molecule has 0 aliphatic rings. The molecule has 0 fully saturated rings. The Morgan fingerprint density at radius 1 is 1.55 bits per heavy atom. The molecule has 0 aromatic carbocycles. The minimum Gasteiger partial charge on any atom is -0.477 e. The predicted molar refractivity (Wildman–Crippen MR) is 69.1 cm³/mol. The number of aryl methyl sites for hydroxylation is 2. The molecule has 104 valence electrons. The number of nitrogens with one attached hydrogen (secondary N) is 1. The van der Waals surface area contributed by atoms with Gasteiger partial charge in [-0.2, -0.15) is 5.10 Å². The van der Waals surface area contributed by atoms with Gasteiger partial charge in [0, 0.05) is 19.3 Å². The number of hydrogen-bond acceptors (Lipinski definition) is 6. The lowest BCUT2D eigenvalue weighted by Gasteiger charge is -2.05. The van der Waals surface area contributed by atoms with Crippen LogP contribution in [0.1, 0.15) is 16.1 Å². The topological polar surface area (TPSA) is 123 Å². The molecular weight excluding hydrogens is 266 g/mol. The van der Waals surface area contributed by atoms with Crippen LogP contribution in [0.15, 0.2) is 18.5 Å². The van der Waals surface area contributed by atoms with Crippen molar-refractivity contribution >= 4 is 23.2 Å². The number of anilines is 2. The van der Waals surface area contributed by atoms with E-state index in [-0.39, 0.29) is 5.82 Å². The number of aromatic nitrogens is 3. The van der Waals surface area contributed by atoms with Gasteiger partial charge in [-0.15, -0.1) is 0 Å². The molecule has 2 rings (SSSR count). The summed E-state index contributed by atoms with van der Waals surface area (Å²) in [5.74, 6) is -1.19. The Balaban J connectivity index is 2.39. The van der Waals surface area contributed by atoms with Gasteiger partial charge in [-0.05, 0) is 6.92 Å². The van der Waals surface area contributed by atoms with Crippen LogP contribution < -0.4 is 5.32 Å². The normalized spacial score (nSPS) is 10.3. The Kier molecular flexibility index (Phi) is 3.34. The van der Waals surface area contributed by atoms with Crippen molar-refractivity contribution < 1.29 is 14.8 Å². The van der Waals surface area contributed by atoms with Gasteiger partial charge in [0.15, 0.2) is 0 Å². The van der Waals surface area contributed by atoms with Gasteiger partial charge in [-0.25, -0.2) is 9.78 Å². The van der Waals surface area contributed by atoms with Crippen molar-refractivity contribution in [2.45, 2.75) is 6.92 Å². The third-order valence-corrected chi connectivity index (χ3v) is 2.59. The summed E-state index contributed by atoms with van der Waals surface area (Å²) < 4.78 is 1.58. The molecule has 2 aromatic heterocycles. The molecule has 0 saturated carbocycles. The number of nitro groups is 1. The van der Waals surface area contributed by atoms with Crippen LogP contribution >= 0.6 is 0 Å². The van der Waals surface area contributed by atoms with Crippen LogP contribution in [0.2, 0.25) is 0 Å². The van der Waals surface area contributed by atoms with Crippen LogP contribution in [-0.2, 0) is 7.05 Å². The third-order valence-electron chi connectivity index (χ3n) is 2.59. The number of rotatable bonds is 4. The molecule has 0 spiro atoms. The van der Waals surface area contributed by atoms with Gasteiger partial charge in [0.05, 0.1) is 16.3 Å². The van der Waals surface area contributed by atoms with E-state index in [1.807, 2.05) is 0 Å². The van der Waals surface area contributed by atoms with Crippen molar-refractivity contribution in [3.8, 4) is 0 Å². The average Bonchev–Trinajstić information content (AvgIpc) is 2.67. The van der Waals surface area contributed by atoms with Gasteiger partial charge in [-0.1, -0.05) is 0 Å². The summed E-state index contributed by atoms with van der Waals surface area (Å²) in [6.07, 6.45) is 2.61. The second-order valence-electron chi connectivity index (χ2n) is 4.08. The number of nitrogens with zero attached hydrogens (tertiary/aromatic N) is 4. The van der Waals surface area contributed by atoms with E-state index in [9.17, 15) is 14.9 Å². The lowest BCUT2D eigenvalue weighted by Crippen LogP contribution is -2.05. The summed E-state index contributed by atoms with van der Waals surface area (Å²) in [6.45, 7) is 1.77. The fourth-order valence-corrected chi connectivity index (χ4v) is 1.69. The number of hydrogen-bond donors (Lipinski definition) is 2. The Morgan fingerprint density at radius 3 is 2.75 bits per heavy atom. The lowest BCUT2D eigenvalue weighted by atomic mass is 10.2. The zero-order chi connectivity index (χ0) is 14.9. The summed E-state index contributed by atoms with van der Waals surface area (Å²) in [6, 6.07) is 1.12. The van der Waals surface area contributed by atoms with E-state index in [1.165, 1.54) is 0 Å². The van der Waals surface area contributed by atoms with Crippen LogP contribution in [0, 0.1) is 17.0 Å². The van der Waals surface area contributed by atoms with Crippen molar-refractivity contribution in [3.05, 3.63) is 39.8 Å². The maximum Gasteiger partial charge on any atom is 0.342 e. The molecule has 2 N–H and O–H groups in total. The largest absolute Gasteiger partial charge is 0.477 e. The zero-order valence-corrected chi connectivity index (χ0v) is 10.7. The van der Waals surface area contributed by atoms with Gasteiger partial charge >= 0.3 is 11.7 Å². The molecule has 0 saturated heterocycles. The highest BCUT2D eigenvalue weighted by Crippen LogP contribution is 2.23. The number of carboxylic acids is 1. The highest BCUT2D eigenvalue weighted by molar-refractivity contribution is 5.93. The molecule has 0 unspecified atom stereocenters. The van der Waals surface area contributed by atoms with E-state index in [4.69, 9.17) is 5.11 Å². The molecule has 2 aromatic rings. The second kappa shape index (κ2) is 4.96. The van der Waals surface area contributed by atoms with Gasteiger partial charge in [0.25, 0.3) is 0 Å². The van der Waals surface area contributed by atoms with Gasteiger partial charge < -0.3 is 10.4 Å². The second-order valence-corrected chi connectivity index (χ2v) is 4.08. The maximum atomic E-state index is 11.0. The Morgan fingerprint density at radius 2 is 2.25 bits per heavy atom. The summed E-state index contributed by atoms with van der Waals surface area (Å²) >= 11 is 0. The minimum atomic E-state index is -1.38. The summed E-state index contributed by atoms with van der Waals surface area (Å²) in [7, 11) is 1.74. The molecule has 0 aliphatic heterocycles. The summed E-state index contributed by atoms with van der Waals surface area (Å²) in [5.41, 5.74) is 0.370. The monoisotopic (exact) mass is 277 g/mol. The Hall–Kier alpha value is -2.97.